The normalized spacial score (nSPS) is 15.7. The number of benzene rings is 1. The minimum absolute atomic E-state index is 0. The number of rotatable bonds is 8. The summed E-state index contributed by atoms with van der Waals surface area (Å²) in [7, 11) is 0. The van der Waals surface area contributed by atoms with Crippen molar-refractivity contribution < 1.29 is 4.42 Å². The van der Waals surface area contributed by atoms with Crippen LogP contribution in [0.1, 0.15) is 30.7 Å². The summed E-state index contributed by atoms with van der Waals surface area (Å²) < 4.78 is 5.39. The molecule has 1 aromatic carbocycles. The predicted molar refractivity (Wildman–Crippen MR) is 130 cm³/mol. The lowest BCUT2D eigenvalue weighted by Crippen LogP contribution is -2.45. The predicted octanol–water partition coefficient (Wildman–Crippen LogP) is 3.29. The van der Waals surface area contributed by atoms with Crippen molar-refractivity contribution >= 4 is 29.9 Å². The van der Waals surface area contributed by atoms with Crippen molar-refractivity contribution in [2.24, 2.45) is 4.99 Å². The van der Waals surface area contributed by atoms with Gasteiger partial charge in [0, 0.05) is 39.3 Å². The Labute approximate surface area is 191 Å². The second-order valence-electron chi connectivity index (χ2n) is 7.11. The molecular formula is C22H34IN5O. The summed E-state index contributed by atoms with van der Waals surface area (Å²) in [5, 5.41) is 6.64. The van der Waals surface area contributed by atoms with Crippen LogP contribution in [-0.4, -0.2) is 55.0 Å². The van der Waals surface area contributed by atoms with E-state index in [9.17, 15) is 0 Å². The fraction of sp³-hybridized carbons (Fsp3) is 0.500. The number of nitrogens with zero attached hydrogens (tertiary/aromatic N) is 3. The van der Waals surface area contributed by atoms with Gasteiger partial charge in [-0.25, -0.2) is 4.99 Å². The molecule has 1 saturated heterocycles. The zero-order chi connectivity index (χ0) is 19.6. The van der Waals surface area contributed by atoms with Crippen LogP contribution in [-0.2, 0) is 19.6 Å². The molecule has 0 unspecified atom stereocenters. The molecule has 2 aromatic rings. The van der Waals surface area contributed by atoms with E-state index in [1.165, 1.54) is 11.1 Å². The summed E-state index contributed by atoms with van der Waals surface area (Å²) in [5.41, 5.74) is 2.66. The monoisotopic (exact) mass is 511 g/mol. The van der Waals surface area contributed by atoms with Crippen LogP contribution < -0.4 is 10.6 Å². The number of guanidine groups is 1. The van der Waals surface area contributed by atoms with E-state index in [-0.39, 0.29) is 24.0 Å². The van der Waals surface area contributed by atoms with Gasteiger partial charge in [0.2, 0.25) is 0 Å². The molecular weight excluding hydrogens is 477 g/mol. The smallest absolute Gasteiger partial charge is 0.191 e. The van der Waals surface area contributed by atoms with Gasteiger partial charge in [-0.15, -0.1) is 24.0 Å². The van der Waals surface area contributed by atoms with Crippen molar-refractivity contribution in [2.75, 3.05) is 39.3 Å². The number of nitrogens with one attached hydrogen (secondary N) is 2. The lowest BCUT2D eigenvalue weighted by molar-refractivity contribution is 0.131. The Morgan fingerprint density at radius 1 is 0.966 bits per heavy atom. The second-order valence-corrected chi connectivity index (χ2v) is 7.11. The first-order valence-corrected chi connectivity index (χ1v) is 10.3. The van der Waals surface area contributed by atoms with Crippen molar-refractivity contribution in [1.82, 2.24) is 20.4 Å². The number of hydrogen-bond donors (Lipinski definition) is 2. The second kappa shape index (κ2) is 12.9. The minimum Gasteiger partial charge on any atom is -0.467 e. The molecule has 0 spiro atoms. The van der Waals surface area contributed by atoms with Crippen molar-refractivity contribution in [3.8, 4) is 0 Å². The standard InChI is InChI=1S/C22H33N5O.HI/c1-3-23-22(25-17-21-10-7-15-28-21)24-16-19-8-5-6-9-20(19)18-27-13-11-26(4-2)12-14-27;/h5-10,15H,3-4,11-14,16-18H2,1-2H3,(H2,23,24,25);1H. The van der Waals surface area contributed by atoms with E-state index >= 15 is 0 Å². The number of halogens is 1. The van der Waals surface area contributed by atoms with Crippen molar-refractivity contribution in [1.29, 1.82) is 0 Å². The topological polar surface area (TPSA) is 56.0 Å². The summed E-state index contributed by atoms with van der Waals surface area (Å²) in [4.78, 5) is 9.85. The number of furan rings is 1. The summed E-state index contributed by atoms with van der Waals surface area (Å²) in [5.74, 6) is 1.71. The Balaban J connectivity index is 0.00000300. The van der Waals surface area contributed by atoms with Gasteiger partial charge >= 0.3 is 0 Å². The molecule has 2 heterocycles. The Kier molecular flexibility index (Phi) is 10.5. The summed E-state index contributed by atoms with van der Waals surface area (Å²) >= 11 is 0. The first kappa shape index (κ1) is 23.7. The van der Waals surface area contributed by atoms with Gasteiger partial charge in [0.25, 0.3) is 0 Å². The van der Waals surface area contributed by atoms with E-state index in [0.29, 0.717) is 13.1 Å². The van der Waals surface area contributed by atoms with Gasteiger partial charge in [-0.3, -0.25) is 4.90 Å². The first-order chi connectivity index (χ1) is 13.8. The zero-order valence-electron chi connectivity index (χ0n) is 17.6. The van der Waals surface area contributed by atoms with E-state index < -0.39 is 0 Å². The Bertz CT molecular complexity index is 727. The van der Waals surface area contributed by atoms with Crippen LogP contribution in [0.25, 0.3) is 0 Å². The summed E-state index contributed by atoms with van der Waals surface area (Å²) in [6.45, 7) is 13.2. The molecule has 0 bridgehead atoms. The van der Waals surface area contributed by atoms with Crippen LogP contribution in [0.5, 0.6) is 0 Å². The molecule has 0 radical (unpaired) electrons. The third-order valence-electron chi connectivity index (χ3n) is 5.19. The maximum Gasteiger partial charge on any atom is 0.191 e. The largest absolute Gasteiger partial charge is 0.467 e. The van der Waals surface area contributed by atoms with Crippen LogP contribution in [0, 0.1) is 0 Å². The third-order valence-corrected chi connectivity index (χ3v) is 5.19. The molecule has 3 rings (SSSR count). The van der Waals surface area contributed by atoms with Crippen molar-refractivity contribution in [3.63, 3.8) is 0 Å². The van der Waals surface area contributed by atoms with E-state index in [1.807, 2.05) is 12.1 Å². The highest BCUT2D eigenvalue weighted by molar-refractivity contribution is 14.0. The Morgan fingerprint density at radius 2 is 1.69 bits per heavy atom. The molecule has 1 fully saturated rings. The molecule has 29 heavy (non-hydrogen) atoms. The van der Waals surface area contributed by atoms with Gasteiger partial charge in [-0.1, -0.05) is 31.2 Å². The highest BCUT2D eigenvalue weighted by Crippen LogP contribution is 2.14. The van der Waals surface area contributed by atoms with Gasteiger partial charge in [-0.2, -0.15) is 0 Å². The zero-order valence-corrected chi connectivity index (χ0v) is 19.9. The van der Waals surface area contributed by atoms with Crippen LogP contribution in [0.4, 0.5) is 0 Å². The van der Waals surface area contributed by atoms with Gasteiger partial charge in [0.1, 0.15) is 5.76 Å². The molecule has 160 valence electrons. The molecule has 1 aliphatic rings. The molecule has 1 aromatic heterocycles. The third kappa shape index (κ3) is 7.64. The van der Waals surface area contributed by atoms with Gasteiger partial charge in [0.15, 0.2) is 5.96 Å². The van der Waals surface area contributed by atoms with Crippen LogP contribution in [0.3, 0.4) is 0 Å². The van der Waals surface area contributed by atoms with E-state index in [2.05, 4.69) is 58.5 Å². The maximum atomic E-state index is 5.39. The average molecular weight is 511 g/mol. The Hall–Kier alpha value is -1.58. The number of piperazine rings is 1. The quantitative estimate of drug-likeness (QED) is 0.324. The lowest BCUT2D eigenvalue weighted by Gasteiger charge is -2.34. The van der Waals surface area contributed by atoms with E-state index in [0.717, 1.165) is 57.5 Å². The molecule has 0 aliphatic carbocycles. The highest BCUT2D eigenvalue weighted by atomic mass is 127. The minimum atomic E-state index is 0. The number of aliphatic imine (C=N–C) groups is 1. The Morgan fingerprint density at radius 3 is 2.34 bits per heavy atom. The molecule has 1 aliphatic heterocycles. The molecule has 7 heteroatoms. The van der Waals surface area contributed by atoms with Gasteiger partial charge in [-0.05, 0) is 36.7 Å². The maximum absolute atomic E-state index is 5.39. The SMILES string of the molecule is CCNC(=NCc1ccccc1CN1CCN(CC)CC1)NCc1ccco1.I. The highest BCUT2D eigenvalue weighted by Gasteiger charge is 2.16. The van der Waals surface area contributed by atoms with Crippen molar-refractivity contribution in [3.05, 3.63) is 59.5 Å². The molecule has 0 amide bonds. The van der Waals surface area contributed by atoms with Crippen molar-refractivity contribution in [2.45, 2.75) is 33.5 Å². The fourth-order valence-electron chi connectivity index (χ4n) is 3.46. The van der Waals surface area contributed by atoms with Crippen LogP contribution in [0.2, 0.25) is 0 Å². The van der Waals surface area contributed by atoms with Crippen LogP contribution >= 0.6 is 24.0 Å². The number of likely N-dealkylation sites (N-methyl/N-ethyl adjacent to an activating group) is 1. The first-order valence-electron chi connectivity index (χ1n) is 10.3. The number of hydrogen-bond acceptors (Lipinski definition) is 4. The molecule has 0 saturated carbocycles. The molecule has 2 N–H and O–H groups in total. The van der Waals surface area contributed by atoms with Gasteiger partial charge in [0.05, 0.1) is 19.4 Å². The van der Waals surface area contributed by atoms with Gasteiger partial charge < -0.3 is 20.0 Å². The van der Waals surface area contributed by atoms with E-state index in [4.69, 9.17) is 9.41 Å². The fourth-order valence-corrected chi connectivity index (χ4v) is 3.46. The summed E-state index contributed by atoms with van der Waals surface area (Å²) in [6.07, 6.45) is 1.69. The van der Waals surface area contributed by atoms with E-state index in [1.54, 1.807) is 6.26 Å². The molecule has 6 nitrogen and oxygen atoms in total. The average Bonchev–Trinajstić information content (AvgIpc) is 3.25. The molecule has 0 atom stereocenters. The lowest BCUT2D eigenvalue weighted by atomic mass is 10.1. The summed E-state index contributed by atoms with van der Waals surface area (Å²) in [6, 6.07) is 12.5. The van der Waals surface area contributed by atoms with Crippen LogP contribution in [0.15, 0.2) is 52.1 Å².